The molecule has 0 aromatic heterocycles. The van der Waals surface area contributed by atoms with Gasteiger partial charge < -0.3 is 10.6 Å². The van der Waals surface area contributed by atoms with Gasteiger partial charge in [-0.15, -0.1) is 0 Å². The second-order valence-corrected chi connectivity index (χ2v) is 5.55. The fourth-order valence-electron chi connectivity index (χ4n) is 1.71. The summed E-state index contributed by atoms with van der Waals surface area (Å²) in [6, 6.07) is 8.53. The summed E-state index contributed by atoms with van der Waals surface area (Å²) >= 11 is 6.97. The zero-order valence-electron chi connectivity index (χ0n) is 10.6. The summed E-state index contributed by atoms with van der Waals surface area (Å²) in [7, 11) is 2.10. The molecule has 0 saturated heterocycles. The van der Waals surface area contributed by atoms with Crippen molar-refractivity contribution in [3.63, 3.8) is 0 Å². The normalized spacial score (nSPS) is 12.2. The van der Waals surface area contributed by atoms with Crippen molar-refractivity contribution in [3.8, 4) is 0 Å². The molecule has 1 unspecified atom stereocenters. The predicted octanol–water partition coefficient (Wildman–Crippen LogP) is 2.90. The first-order chi connectivity index (χ1) is 8.07. The number of benzene rings is 1. The zero-order valence-corrected chi connectivity index (χ0v) is 12.3. The number of rotatable bonds is 6. The number of para-hydroxylation sites is 1. The predicted molar refractivity (Wildman–Crippen MR) is 83.2 cm³/mol. The summed E-state index contributed by atoms with van der Waals surface area (Å²) in [4.78, 5) is 2.72. The van der Waals surface area contributed by atoms with Crippen LogP contribution in [-0.2, 0) is 0 Å². The van der Waals surface area contributed by atoms with Crippen molar-refractivity contribution in [2.24, 2.45) is 5.73 Å². The molecule has 0 amide bonds. The van der Waals surface area contributed by atoms with Crippen LogP contribution in [0.2, 0.25) is 0 Å². The number of nitrogens with two attached hydrogens (primary N) is 1. The van der Waals surface area contributed by atoms with Gasteiger partial charge in [0.25, 0.3) is 0 Å². The van der Waals surface area contributed by atoms with Crippen LogP contribution in [0.4, 0.5) is 5.69 Å². The van der Waals surface area contributed by atoms with E-state index < -0.39 is 0 Å². The van der Waals surface area contributed by atoms with E-state index in [1.165, 1.54) is 5.75 Å². The van der Waals surface area contributed by atoms with Crippen molar-refractivity contribution in [3.05, 3.63) is 29.8 Å². The first-order valence-electron chi connectivity index (χ1n) is 5.68. The SMILES string of the molecule is CSCCC(C)N(C)c1ccccc1C(N)=S. The second-order valence-electron chi connectivity index (χ2n) is 4.12. The van der Waals surface area contributed by atoms with Gasteiger partial charge in [-0.2, -0.15) is 11.8 Å². The molecule has 0 aliphatic heterocycles. The fourth-order valence-corrected chi connectivity index (χ4v) is 2.46. The number of hydrogen-bond donors (Lipinski definition) is 1. The Labute approximate surface area is 114 Å². The molecule has 4 heteroatoms. The van der Waals surface area contributed by atoms with Crippen LogP contribution in [0.3, 0.4) is 0 Å². The summed E-state index contributed by atoms with van der Waals surface area (Å²) < 4.78 is 0. The van der Waals surface area contributed by atoms with Crippen LogP contribution >= 0.6 is 24.0 Å². The molecule has 94 valence electrons. The number of thiocarbonyl (C=S) groups is 1. The highest BCUT2D eigenvalue weighted by Crippen LogP contribution is 2.22. The fraction of sp³-hybridized carbons (Fsp3) is 0.462. The van der Waals surface area contributed by atoms with Crippen LogP contribution in [0, 0.1) is 0 Å². The van der Waals surface area contributed by atoms with Crippen LogP contribution in [0.15, 0.2) is 24.3 Å². The summed E-state index contributed by atoms with van der Waals surface area (Å²) in [5.41, 5.74) is 7.83. The number of nitrogens with zero attached hydrogens (tertiary/aromatic N) is 1. The van der Waals surface area contributed by atoms with Gasteiger partial charge in [-0.1, -0.05) is 24.4 Å². The Morgan fingerprint density at radius 1 is 1.47 bits per heavy atom. The first kappa shape index (κ1) is 14.3. The van der Waals surface area contributed by atoms with E-state index in [4.69, 9.17) is 18.0 Å². The third-order valence-electron chi connectivity index (χ3n) is 2.95. The molecular weight excluding hydrogens is 248 g/mol. The maximum Gasteiger partial charge on any atom is 0.106 e. The molecule has 0 aliphatic carbocycles. The Morgan fingerprint density at radius 3 is 2.71 bits per heavy atom. The van der Waals surface area contributed by atoms with Gasteiger partial charge in [0.1, 0.15) is 4.99 Å². The molecule has 0 bridgehead atoms. The third-order valence-corrected chi connectivity index (χ3v) is 3.81. The molecule has 1 atom stereocenters. The standard InChI is InChI=1S/C13H20N2S2/c1-10(8-9-17-3)15(2)12-7-5-4-6-11(12)13(14)16/h4-7,10H,8-9H2,1-3H3,(H2,14,16). The highest BCUT2D eigenvalue weighted by Gasteiger charge is 2.13. The topological polar surface area (TPSA) is 29.3 Å². The number of hydrogen-bond acceptors (Lipinski definition) is 3. The lowest BCUT2D eigenvalue weighted by atomic mass is 10.1. The van der Waals surface area contributed by atoms with E-state index in [1.54, 1.807) is 0 Å². The molecule has 0 spiro atoms. The lowest BCUT2D eigenvalue weighted by molar-refractivity contribution is 0.669. The Kier molecular flexibility index (Phi) is 5.78. The minimum Gasteiger partial charge on any atom is -0.389 e. The molecule has 0 aliphatic rings. The summed E-state index contributed by atoms with van der Waals surface area (Å²) in [5.74, 6) is 1.17. The van der Waals surface area contributed by atoms with Gasteiger partial charge in [0.2, 0.25) is 0 Å². The van der Waals surface area contributed by atoms with E-state index in [-0.39, 0.29) is 0 Å². The van der Waals surface area contributed by atoms with E-state index in [9.17, 15) is 0 Å². The van der Waals surface area contributed by atoms with Crippen LogP contribution in [0.5, 0.6) is 0 Å². The Morgan fingerprint density at radius 2 is 2.12 bits per heavy atom. The molecule has 1 aromatic rings. The van der Waals surface area contributed by atoms with Gasteiger partial charge in [0.05, 0.1) is 0 Å². The van der Waals surface area contributed by atoms with Crippen molar-refractivity contribution < 1.29 is 0 Å². The molecule has 1 aromatic carbocycles. The van der Waals surface area contributed by atoms with Crippen molar-refractivity contribution in [2.45, 2.75) is 19.4 Å². The monoisotopic (exact) mass is 268 g/mol. The molecular formula is C13H20N2S2. The van der Waals surface area contributed by atoms with Crippen molar-refractivity contribution in [2.75, 3.05) is 24.0 Å². The van der Waals surface area contributed by atoms with Gasteiger partial charge in [-0.3, -0.25) is 0 Å². The van der Waals surface area contributed by atoms with Gasteiger partial charge in [-0.25, -0.2) is 0 Å². The average Bonchev–Trinajstić information content (AvgIpc) is 2.34. The zero-order chi connectivity index (χ0) is 12.8. The van der Waals surface area contributed by atoms with Crippen LogP contribution in [0.25, 0.3) is 0 Å². The minimum absolute atomic E-state index is 0.463. The van der Waals surface area contributed by atoms with Crippen molar-refractivity contribution in [1.29, 1.82) is 0 Å². The Hall–Kier alpha value is -0.740. The molecule has 0 radical (unpaired) electrons. The summed E-state index contributed by atoms with van der Waals surface area (Å²) in [5, 5.41) is 0. The van der Waals surface area contributed by atoms with Crippen LogP contribution < -0.4 is 10.6 Å². The summed E-state index contributed by atoms with van der Waals surface area (Å²) in [6.07, 6.45) is 3.29. The van der Waals surface area contributed by atoms with E-state index in [1.807, 2.05) is 30.0 Å². The maximum atomic E-state index is 5.75. The highest BCUT2D eigenvalue weighted by atomic mass is 32.2. The van der Waals surface area contributed by atoms with Crippen molar-refractivity contribution >= 4 is 34.7 Å². The van der Waals surface area contributed by atoms with Gasteiger partial charge in [0, 0.05) is 24.3 Å². The summed E-state index contributed by atoms with van der Waals surface area (Å²) in [6.45, 7) is 2.23. The molecule has 17 heavy (non-hydrogen) atoms. The third kappa shape index (κ3) is 3.89. The van der Waals surface area contributed by atoms with Gasteiger partial charge in [0.15, 0.2) is 0 Å². The van der Waals surface area contributed by atoms with E-state index in [0.29, 0.717) is 11.0 Å². The van der Waals surface area contributed by atoms with E-state index in [0.717, 1.165) is 17.7 Å². The second kappa shape index (κ2) is 6.87. The molecule has 2 nitrogen and oxygen atoms in total. The maximum absolute atomic E-state index is 5.75. The van der Waals surface area contributed by atoms with Gasteiger partial charge >= 0.3 is 0 Å². The lowest BCUT2D eigenvalue weighted by Gasteiger charge is -2.28. The average molecular weight is 268 g/mol. The smallest absolute Gasteiger partial charge is 0.106 e. The Bertz CT molecular complexity index is 379. The van der Waals surface area contributed by atoms with E-state index >= 15 is 0 Å². The minimum atomic E-state index is 0.463. The number of thioether (sulfide) groups is 1. The molecule has 0 heterocycles. The molecule has 1 rings (SSSR count). The first-order valence-corrected chi connectivity index (χ1v) is 7.48. The highest BCUT2D eigenvalue weighted by molar-refractivity contribution is 7.98. The van der Waals surface area contributed by atoms with E-state index in [2.05, 4.69) is 31.2 Å². The van der Waals surface area contributed by atoms with Gasteiger partial charge in [-0.05, 0) is 37.5 Å². The van der Waals surface area contributed by atoms with Crippen LogP contribution in [-0.4, -0.2) is 30.1 Å². The quantitative estimate of drug-likeness (QED) is 0.803. The largest absolute Gasteiger partial charge is 0.389 e. The number of anilines is 1. The lowest BCUT2D eigenvalue weighted by Crippen LogP contribution is -2.31. The molecule has 0 saturated carbocycles. The van der Waals surface area contributed by atoms with Crippen molar-refractivity contribution in [1.82, 2.24) is 0 Å². The van der Waals surface area contributed by atoms with Crippen LogP contribution in [0.1, 0.15) is 18.9 Å². The Balaban J connectivity index is 2.87. The molecule has 0 fully saturated rings. The molecule has 2 N–H and O–H groups in total.